The fourth-order valence-corrected chi connectivity index (χ4v) is 1.77. The molecule has 1 aromatic rings. The van der Waals surface area contributed by atoms with E-state index < -0.39 is 0 Å². The van der Waals surface area contributed by atoms with E-state index in [9.17, 15) is 4.79 Å². The molecule has 0 saturated heterocycles. The molecule has 0 aliphatic carbocycles. The molecule has 0 fully saturated rings. The van der Waals surface area contributed by atoms with E-state index in [-0.39, 0.29) is 11.8 Å². The highest BCUT2D eigenvalue weighted by Crippen LogP contribution is 2.23. The molecule has 1 unspecified atom stereocenters. The second kappa shape index (κ2) is 7.00. The first-order chi connectivity index (χ1) is 8.60. The molecule has 96 valence electrons. The number of benzene rings is 1. The zero-order chi connectivity index (χ0) is 13.5. The number of carbonyl (C=O) groups is 1. The number of carbonyl (C=O) groups excluding carboxylic acids is 1. The third-order valence-corrected chi connectivity index (χ3v) is 3.07. The first-order valence-corrected chi connectivity index (χ1v) is 6.18. The Balaban J connectivity index is 2.68. The summed E-state index contributed by atoms with van der Waals surface area (Å²) in [5.41, 5.74) is 6.54. The Labute approximate surface area is 112 Å². The Morgan fingerprint density at radius 2 is 2.33 bits per heavy atom. The first kappa shape index (κ1) is 14.5. The predicted octanol–water partition coefficient (Wildman–Crippen LogP) is 2.53. The van der Waals surface area contributed by atoms with Crippen molar-refractivity contribution < 1.29 is 4.79 Å². The SMILES string of the molecule is CCC(CN)CC(=O)Nc1ccc(C#N)cc1Cl. The largest absolute Gasteiger partial charge is 0.330 e. The van der Waals surface area contributed by atoms with E-state index in [4.69, 9.17) is 22.6 Å². The molecule has 0 heterocycles. The van der Waals surface area contributed by atoms with Crippen molar-refractivity contribution in [3.8, 4) is 6.07 Å². The Hall–Kier alpha value is -1.57. The second-order valence-electron chi connectivity index (χ2n) is 4.07. The summed E-state index contributed by atoms with van der Waals surface area (Å²) in [6.07, 6.45) is 1.24. The summed E-state index contributed by atoms with van der Waals surface area (Å²) in [4.78, 5) is 11.8. The predicted molar refractivity (Wildman–Crippen MR) is 72.2 cm³/mol. The average molecular weight is 266 g/mol. The summed E-state index contributed by atoms with van der Waals surface area (Å²) in [5.74, 6) is 0.0704. The van der Waals surface area contributed by atoms with Crippen LogP contribution in [0.5, 0.6) is 0 Å². The van der Waals surface area contributed by atoms with E-state index >= 15 is 0 Å². The van der Waals surface area contributed by atoms with Crippen LogP contribution in [0.3, 0.4) is 0 Å². The quantitative estimate of drug-likeness (QED) is 0.859. The molecule has 0 aliphatic rings. The molecule has 0 aliphatic heterocycles. The monoisotopic (exact) mass is 265 g/mol. The van der Waals surface area contributed by atoms with E-state index in [2.05, 4.69) is 5.32 Å². The maximum absolute atomic E-state index is 11.8. The van der Waals surface area contributed by atoms with Crippen LogP contribution in [0.15, 0.2) is 18.2 Å². The number of hydrogen-bond acceptors (Lipinski definition) is 3. The van der Waals surface area contributed by atoms with Gasteiger partial charge in [-0.25, -0.2) is 0 Å². The highest BCUT2D eigenvalue weighted by molar-refractivity contribution is 6.33. The topological polar surface area (TPSA) is 78.9 Å². The molecular formula is C13H16ClN3O. The van der Waals surface area contributed by atoms with Crippen molar-refractivity contribution >= 4 is 23.2 Å². The van der Waals surface area contributed by atoms with Gasteiger partial charge in [0.2, 0.25) is 5.91 Å². The standard InChI is InChI=1S/C13H16ClN3O/c1-2-9(7-15)6-13(18)17-12-4-3-10(8-16)5-11(12)14/h3-5,9H,2,6-7,15H2,1H3,(H,17,18). The first-order valence-electron chi connectivity index (χ1n) is 5.80. The van der Waals surface area contributed by atoms with Crippen molar-refractivity contribution in [1.29, 1.82) is 5.26 Å². The van der Waals surface area contributed by atoms with Crippen LogP contribution in [-0.4, -0.2) is 12.5 Å². The van der Waals surface area contributed by atoms with Crippen molar-refractivity contribution in [2.75, 3.05) is 11.9 Å². The number of rotatable bonds is 5. The third kappa shape index (κ3) is 4.02. The normalized spacial score (nSPS) is 11.7. The molecule has 1 atom stereocenters. The van der Waals surface area contributed by atoms with E-state index in [1.54, 1.807) is 12.1 Å². The maximum atomic E-state index is 11.8. The minimum atomic E-state index is -0.112. The van der Waals surface area contributed by atoms with Gasteiger partial charge in [0.25, 0.3) is 0 Å². The lowest BCUT2D eigenvalue weighted by molar-refractivity contribution is -0.117. The number of hydrogen-bond donors (Lipinski definition) is 2. The molecule has 1 aromatic carbocycles. The molecule has 0 bridgehead atoms. The molecule has 1 rings (SSSR count). The van der Waals surface area contributed by atoms with Crippen molar-refractivity contribution in [3.63, 3.8) is 0 Å². The number of nitrogens with two attached hydrogens (primary N) is 1. The van der Waals surface area contributed by atoms with Gasteiger partial charge >= 0.3 is 0 Å². The van der Waals surface area contributed by atoms with Gasteiger partial charge in [0, 0.05) is 6.42 Å². The number of amides is 1. The highest BCUT2D eigenvalue weighted by Gasteiger charge is 2.12. The van der Waals surface area contributed by atoms with E-state index in [0.29, 0.717) is 29.2 Å². The molecule has 0 aromatic heterocycles. The Morgan fingerprint density at radius 1 is 1.61 bits per heavy atom. The number of nitrogens with one attached hydrogen (secondary N) is 1. The molecule has 18 heavy (non-hydrogen) atoms. The molecule has 0 radical (unpaired) electrons. The Kier molecular flexibility index (Phi) is 5.63. The van der Waals surface area contributed by atoms with Crippen LogP contribution < -0.4 is 11.1 Å². The van der Waals surface area contributed by atoms with Gasteiger partial charge in [-0.3, -0.25) is 4.79 Å². The molecule has 3 N–H and O–H groups in total. The lowest BCUT2D eigenvalue weighted by Gasteiger charge is -2.12. The number of anilines is 1. The molecule has 4 nitrogen and oxygen atoms in total. The summed E-state index contributed by atoms with van der Waals surface area (Å²) < 4.78 is 0. The van der Waals surface area contributed by atoms with Crippen molar-refractivity contribution in [3.05, 3.63) is 28.8 Å². The summed E-state index contributed by atoms with van der Waals surface area (Å²) in [6, 6.07) is 6.75. The lowest BCUT2D eigenvalue weighted by Crippen LogP contribution is -2.21. The molecule has 1 amide bonds. The summed E-state index contributed by atoms with van der Waals surface area (Å²) in [7, 11) is 0. The molecule has 0 saturated carbocycles. The Morgan fingerprint density at radius 3 is 2.83 bits per heavy atom. The summed E-state index contributed by atoms with van der Waals surface area (Å²) in [6.45, 7) is 2.49. The molecule has 0 spiro atoms. The zero-order valence-electron chi connectivity index (χ0n) is 10.2. The van der Waals surface area contributed by atoms with Gasteiger partial charge in [0.1, 0.15) is 0 Å². The van der Waals surface area contributed by atoms with Crippen LogP contribution in [-0.2, 0) is 4.79 Å². The average Bonchev–Trinajstić information content (AvgIpc) is 2.38. The van der Waals surface area contributed by atoms with Gasteiger partial charge in [0.05, 0.1) is 22.3 Å². The van der Waals surface area contributed by atoms with Gasteiger partial charge in [-0.05, 0) is 30.7 Å². The fourth-order valence-electron chi connectivity index (χ4n) is 1.54. The van der Waals surface area contributed by atoms with E-state index in [0.717, 1.165) is 6.42 Å². The number of nitrogens with zero attached hydrogens (tertiary/aromatic N) is 1. The minimum Gasteiger partial charge on any atom is -0.330 e. The second-order valence-corrected chi connectivity index (χ2v) is 4.48. The van der Waals surface area contributed by atoms with Gasteiger partial charge in [0.15, 0.2) is 0 Å². The minimum absolute atomic E-state index is 0.112. The van der Waals surface area contributed by atoms with Crippen LogP contribution in [0.4, 0.5) is 5.69 Å². The zero-order valence-corrected chi connectivity index (χ0v) is 11.0. The van der Waals surface area contributed by atoms with Crippen LogP contribution in [0, 0.1) is 17.2 Å². The number of nitriles is 1. The molecule has 5 heteroatoms. The summed E-state index contributed by atoms with van der Waals surface area (Å²) >= 11 is 5.97. The fraction of sp³-hybridized carbons (Fsp3) is 0.385. The lowest BCUT2D eigenvalue weighted by atomic mass is 10.0. The van der Waals surface area contributed by atoms with Crippen LogP contribution >= 0.6 is 11.6 Å². The van der Waals surface area contributed by atoms with Gasteiger partial charge in [-0.2, -0.15) is 5.26 Å². The maximum Gasteiger partial charge on any atom is 0.224 e. The van der Waals surface area contributed by atoms with E-state index in [1.165, 1.54) is 6.07 Å². The third-order valence-electron chi connectivity index (χ3n) is 2.76. The highest BCUT2D eigenvalue weighted by atomic mass is 35.5. The molecular weight excluding hydrogens is 250 g/mol. The van der Waals surface area contributed by atoms with Gasteiger partial charge in [-0.15, -0.1) is 0 Å². The van der Waals surface area contributed by atoms with Gasteiger partial charge < -0.3 is 11.1 Å². The van der Waals surface area contributed by atoms with Gasteiger partial charge in [-0.1, -0.05) is 24.9 Å². The Bertz CT molecular complexity index is 464. The van der Waals surface area contributed by atoms with Crippen LogP contribution in [0.1, 0.15) is 25.3 Å². The van der Waals surface area contributed by atoms with Crippen molar-refractivity contribution in [1.82, 2.24) is 0 Å². The smallest absolute Gasteiger partial charge is 0.224 e. The number of halogens is 1. The van der Waals surface area contributed by atoms with Crippen LogP contribution in [0.2, 0.25) is 5.02 Å². The van der Waals surface area contributed by atoms with Crippen LogP contribution in [0.25, 0.3) is 0 Å². The van der Waals surface area contributed by atoms with Crippen molar-refractivity contribution in [2.45, 2.75) is 19.8 Å². The summed E-state index contributed by atoms with van der Waals surface area (Å²) in [5, 5.41) is 11.8. The van der Waals surface area contributed by atoms with Crippen molar-refractivity contribution in [2.24, 2.45) is 11.7 Å². The van der Waals surface area contributed by atoms with E-state index in [1.807, 2.05) is 13.0 Å².